The monoisotopic (exact) mass is 433 g/mol. The average molecular weight is 434 g/mol. The third-order valence-electron chi connectivity index (χ3n) is 3.11. The van der Waals surface area contributed by atoms with Crippen LogP contribution < -0.4 is 10.9 Å². The van der Waals surface area contributed by atoms with E-state index in [0.29, 0.717) is 22.8 Å². The number of carbonyl (C=O) groups is 2. The smallest absolute Gasteiger partial charge is 0.254 e. The summed E-state index contributed by atoms with van der Waals surface area (Å²) in [6.45, 7) is 4.02. The van der Waals surface area contributed by atoms with Crippen molar-refractivity contribution < 1.29 is 9.59 Å². The number of hydrogen-bond donors (Lipinski definition) is 2. The van der Waals surface area contributed by atoms with Crippen molar-refractivity contribution in [1.82, 2.24) is 25.6 Å². The van der Waals surface area contributed by atoms with Crippen molar-refractivity contribution in [3.63, 3.8) is 0 Å². The fourth-order valence-electron chi connectivity index (χ4n) is 1.89. The molecule has 0 aliphatic rings. The molecule has 1 rings (SSSR count). The van der Waals surface area contributed by atoms with Crippen molar-refractivity contribution >= 4 is 48.1 Å². The summed E-state index contributed by atoms with van der Waals surface area (Å²) in [5.74, 6) is -0.404. The van der Waals surface area contributed by atoms with Crippen molar-refractivity contribution in [3.8, 4) is 0 Å². The minimum Gasteiger partial charge on any atom is -0.301 e. The van der Waals surface area contributed by atoms with Crippen LogP contribution in [0.3, 0.4) is 0 Å². The van der Waals surface area contributed by atoms with E-state index in [1.54, 1.807) is 64.0 Å². The molecular weight excluding hydrogens is 405 g/mol. The number of rotatable bonds is 8. The van der Waals surface area contributed by atoms with Gasteiger partial charge < -0.3 is 9.80 Å². The molecular formula is C17H29Cl2N7O2. The van der Waals surface area contributed by atoms with Crippen LogP contribution in [-0.4, -0.2) is 79.3 Å². The summed E-state index contributed by atoms with van der Waals surface area (Å²) in [6, 6.07) is 5.40. The maximum atomic E-state index is 11.6. The zero-order chi connectivity index (χ0) is 19.7. The molecule has 0 atom stereocenters. The van der Waals surface area contributed by atoms with Crippen LogP contribution in [-0.2, 0) is 9.59 Å². The number of halogens is 2. The third-order valence-corrected chi connectivity index (χ3v) is 3.11. The van der Waals surface area contributed by atoms with E-state index >= 15 is 0 Å². The van der Waals surface area contributed by atoms with E-state index in [9.17, 15) is 9.59 Å². The molecule has 2 amide bonds. The normalized spacial score (nSPS) is 11.6. The molecule has 0 saturated heterocycles. The molecule has 0 saturated carbocycles. The number of hydrogen-bond acceptors (Lipinski definition) is 7. The highest BCUT2D eigenvalue weighted by atomic mass is 35.5. The first-order valence-corrected chi connectivity index (χ1v) is 8.12. The van der Waals surface area contributed by atoms with Crippen LogP contribution in [0.2, 0.25) is 0 Å². The van der Waals surface area contributed by atoms with Crippen molar-refractivity contribution in [2.24, 2.45) is 10.2 Å². The Bertz CT molecular complexity index is 651. The minimum atomic E-state index is -0.202. The number of likely N-dealkylation sites (N-methyl/N-ethyl adjacent to an activating group) is 2. The van der Waals surface area contributed by atoms with E-state index in [-0.39, 0.29) is 49.7 Å². The van der Waals surface area contributed by atoms with Crippen LogP contribution in [0.4, 0.5) is 0 Å². The summed E-state index contributed by atoms with van der Waals surface area (Å²) in [6.07, 6.45) is 0. The van der Waals surface area contributed by atoms with Crippen LogP contribution in [0, 0.1) is 0 Å². The van der Waals surface area contributed by atoms with Crippen LogP contribution in [0.15, 0.2) is 28.4 Å². The van der Waals surface area contributed by atoms with Gasteiger partial charge in [0.25, 0.3) is 11.8 Å². The van der Waals surface area contributed by atoms with Gasteiger partial charge in [-0.1, -0.05) is 6.07 Å². The maximum absolute atomic E-state index is 11.6. The predicted octanol–water partition coefficient (Wildman–Crippen LogP) is 0.729. The number of nitrogens with zero attached hydrogens (tertiary/aromatic N) is 5. The summed E-state index contributed by atoms with van der Waals surface area (Å²) in [5.41, 5.74) is 7.36. The van der Waals surface area contributed by atoms with Gasteiger partial charge in [-0.15, -0.1) is 24.8 Å². The fourth-order valence-corrected chi connectivity index (χ4v) is 1.89. The Kier molecular flexibility index (Phi) is 14.1. The summed E-state index contributed by atoms with van der Waals surface area (Å²) in [5, 5.41) is 8.14. The highest BCUT2D eigenvalue weighted by Crippen LogP contribution is 2.03. The Hall–Kier alpha value is -2.07. The van der Waals surface area contributed by atoms with Gasteiger partial charge in [0.1, 0.15) is 0 Å². The molecule has 1 heterocycles. The van der Waals surface area contributed by atoms with E-state index in [1.807, 2.05) is 6.07 Å². The molecule has 158 valence electrons. The summed E-state index contributed by atoms with van der Waals surface area (Å²) in [7, 11) is 7.22. The quantitative estimate of drug-likeness (QED) is 0.464. The SMILES string of the molecule is C/C(=N\NC(=O)CN(C)C)c1cccc(/C(C)=N/NC(=O)CN(C)C)n1.Cl.Cl. The molecule has 0 radical (unpaired) electrons. The lowest BCUT2D eigenvalue weighted by Gasteiger charge is -2.09. The first kappa shape index (κ1) is 28.1. The molecule has 0 fully saturated rings. The Balaban J connectivity index is 0. The zero-order valence-corrected chi connectivity index (χ0v) is 18.6. The fraction of sp³-hybridized carbons (Fsp3) is 0.471. The van der Waals surface area contributed by atoms with Crippen molar-refractivity contribution in [1.29, 1.82) is 0 Å². The number of pyridine rings is 1. The molecule has 0 spiro atoms. The molecule has 0 unspecified atom stereocenters. The second-order valence-electron chi connectivity index (χ2n) is 6.35. The van der Waals surface area contributed by atoms with Crippen LogP contribution >= 0.6 is 24.8 Å². The first-order valence-electron chi connectivity index (χ1n) is 8.12. The van der Waals surface area contributed by atoms with E-state index in [4.69, 9.17) is 0 Å². The van der Waals surface area contributed by atoms with Gasteiger partial charge in [0.15, 0.2) is 0 Å². The van der Waals surface area contributed by atoms with Crippen molar-refractivity contribution in [3.05, 3.63) is 29.6 Å². The van der Waals surface area contributed by atoms with E-state index < -0.39 is 0 Å². The second-order valence-corrected chi connectivity index (χ2v) is 6.35. The molecule has 0 aliphatic heterocycles. The van der Waals surface area contributed by atoms with Crippen molar-refractivity contribution in [2.75, 3.05) is 41.3 Å². The van der Waals surface area contributed by atoms with Crippen LogP contribution in [0.25, 0.3) is 0 Å². The van der Waals surface area contributed by atoms with E-state index in [2.05, 4.69) is 26.0 Å². The number of carbonyl (C=O) groups excluding carboxylic acids is 2. The van der Waals surface area contributed by atoms with Gasteiger partial charge in [0.2, 0.25) is 0 Å². The van der Waals surface area contributed by atoms with E-state index in [0.717, 1.165) is 0 Å². The standard InChI is InChI=1S/C17H27N7O2.2ClH/c1-12(19-21-16(25)10-23(3)4)14-8-7-9-15(18-14)13(2)20-22-17(26)11-24(5)6;;/h7-9H,10-11H2,1-6H3,(H,21,25)(H,22,26);2*1H/b19-12+,20-13+;;. The molecule has 1 aromatic heterocycles. The Morgan fingerprint density at radius 2 is 1.21 bits per heavy atom. The van der Waals surface area contributed by atoms with Gasteiger partial charge in [-0.25, -0.2) is 15.8 Å². The highest BCUT2D eigenvalue weighted by Gasteiger charge is 2.07. The number of amides is 2. The van der Waals surface area contributed by atoms with Gasteiger partial charge in [0.05, 0.1) is 35.9 Å². The Morgan fingerprint density at radius 1 is 0.857 bits per heavy atom. The Morgan fingerprint density at radius 3 is 1.54 bits per heavy atom. The molecule has 0 aliphatic carbocycles. The molecule has 28 heavy (non-hydrogen) atoms. The summed E-state index contributed by atoms with van der Waals surface area (Å²) >= 11 is 0. The largest absolute Gasteiger partial charge is 0.301 e. The van der Waals surface area contributed by atoms with Crippen LogP contribution in [0.5, 0.6) is 0 Å². The molecule has 2 N–H and O–H groups in total. The summed E-state index contributed by atoms with van der Waals surface area (Å²) in [4.78, 5) is 31.3. The molecule has 0 bridgehead atoms. The van der Waals surface area contributed by atoms with Gasteiger partial charge in [-0.05, 0) is 54.2 Å². The van der Waals surface area contributed by atoms with Gasteiger partial charge in [-0.2, -0.15) is 10.2 Å². The molecule has 0 aromatic carbocycles. The lowest BCUT2D eigenvalue weighted by Crippen LogP contribution is -2.31. The van der Waals surface area contributed by atoms with Crippen molar-refractivity contribution in [2.45, 2.75) is 13.8 Å². The van der Waals surface area contributed by atoms with E-state index in [1.165, 1.54) is 0 Å². The predicted molar refractivity (Wildman–Crippen MR) is 117 cm³/mol. The Labute approximate surface area is 178 Å². The average Bonchev–Trinajstić information content (AvgIpc) is 2.56. The summed E-state index contributed by atoms with van der Waals surface area (Å²) < 4.78 is 0. The maximum Gasteiger partial charge on any atom is 0.254 e. The molecule has 11 heteroatoms. The molecule has 9 nitrogen and oxygen atoms in total. The third kappa shape index (κ3) is 10.9. The first-order chi connectivity index (χ1) is 12.2. The van der Waals surface area contributed by atoms with Gasteiger partial charge in [-0.3, -0.25) is 9.59 Å². The lowest BCUT2D eigenvalue weighted by molar-refractivity contribution is -0.122. The minimum absolute atomic E-state index is 0. The second kappa shape index (κ2) is 14.0. The zero-order valence-electron chi connectivity index (χ0n) is 17.0. The van der Waals surface area contributed by atoms with Gasteiger partial charge in [0, 0.05) is 0 Å². The molecule has 1 aromatic rings. The highest BCUT2D eigenvalue weighted by molar-refractivity contribution is 6.01. The van der Waals surface area contributed by atoms with Crippen LogP contribution in [0.1, 0.15) is 25.2 Å². The lowest BCUT2D eigenvalue weighted by atomic mass is 10.2. The number of aromatic nitrogens is 1. The topological polar surface area (TPSA) is 102 Å². The van der Waals surface area contributed by atoms with Gasteiger partial charge >= 0.3 is 0 Å². The number of nitrogens with one attached hydrogen (secondary N) is 2. The number of hydrazone groups is 2.